The lowest BCUT2D eigenvalue weighted by Gasteiger charge is -2.11. The molecule has 0 aliphatic heterocycles. The van der Waals surface area contributed by atoms with Crippen molar-refractivity contribution in [1.29, 1.82) is 0 Å². The van der Waals surface area contributed by atoms with Crippen molar-refractivity contribution in [3.05, 3.63) is 29.8 Å². The summed E-state index contributed by atoms with van der Waals surface area (Å²) in [5.41, 5.74) is 2.26. The Hall–Kier alpha value is -1.03. The minimum absolute atomic E-state index is 0.177. The highest BCUT2D eigenvalue weighted by molar-refractivity contribution is 7.92. The monoisotopic (exact) mass is 269 g/mol. The van der Waals surface area contributed by atoms with Crippen LogP contribution in [0.2, 0.25) is 0 Å². The molecule has 3 nitrogen and oxygen atoms in total. The van der Waals surface area contributed by atoms with Crippen molar-refractivity contribution in [1.82, 2.24) is 0 Å². The van der Waals surface area contributed by atoms with Crippen molar-refractivity contribution in [2.24, 2.45) is 0 Å². The van der Waals surface area contributed by atoms with Crippen LogP contribution in [0.3, 0.4) is 0 Å². The standard InChI is InChI=1S/C14H23NO2S/c1-11(2)13-5-7-14(8-6-13)15-9-10-18(16,17)12(3)4/h5-8,11-12,15H,9-10H2,1-4H3. The lowest BCUT2D eigenvalue weighted by molar-refractivity contribution is 0.588. The molecule has 1 aromatic carbocycles. The second-order valence-electron chi connectivity index (χ2n) is 5.12. The molecule has 0 bridgehead atoms. The SMILES string of the molecule is CC(C)c1ccc(NCCS(=O)(=O)C(C)C)cc1. The van der Waals surface area contributed by atoms with Gasteiger partial charge in [-0.15, -0.1) is 0 Å². The Morgan fingerprint density at radius 2 is 1.61 bits per heavy atom. The van der Waals surface area contributed by atoms with Crippen molar-refractivity contribution in [3.63, 3.8) is 0 Å². The van der Waals surface area contributed by atoms with Gasteiger partial charge in [0, 0.05) is 12.2 Å². The number of anilines is 1. The molecule has 0 amide bonds. The number of hydrogen-bond acceptors (Lipinski definition) is 3. The van der Waals surface area contributed by atoms with Gasteiger partial charge in [0.2, 0.25) is 0 Å². The van der Waals surface area contributed by atoms with Gasteiger partial charge in [0.1, 0.15) is 0 Å². The van der Waals surface area contributed by atoms with Crippen LogP contribution in [0.15, 0.2) is 24.3 Å². The zero-order valence-corrected chi connectivity index (χ0v) is 12.4. The summed E-state index contributed by atoms with van der Waals surface area (Å²) in [7, 11) is -2.95. The summed E-state index contributed by atoms with van der Waals surface area (Å²) >= 11 is 0. The van der Waals surface area contributed by atoms with Gasteiger partial charge in [-0.25, -0.2) is 8.42 Å². The molecule has 1 rings (SSSR count). The van der Waals surface area contributed by atoms with Gasteiger partial charge < -0.3 is 5.32 Å². The van der Waals surface area contributed by atoms with E-state index in [1.165, 1.54) is 5.56 Å². The molecule has 0 aliphatic carbocycles. The van der Waals surface area contributed by atoms with Crippen LogP contribution in [0.25, 0.3) is 0 Å². The molecule has 0 aromatic heterocycles. The molecule has 0 atom stereocenters. The fourth-order valence-electron chi connectivity index (χ4n) is 1.56. The number of rotatable bonds is 6. The molecule has 4 heteroatoms. The van der Waals surface area contributed by atoms with E-state index in [2.05, 4.69) is 31.3 Å². The van der Waals surface area contributed by atoms with Crippen molar-refractivity contribution < 1.29 is 8.42 Å². The molecular formula is C14H23NO2S. The molecule has 0 spiro atoms. The highest BCUT2D eigenvalue weighted by Gasteiger charge is 2.14. The van der Waals surface area contributed by atoms with Crippen LogP contribution >= 0.6 is 0 Å². The first kappa shape index (κ1) is 15.0. The van der Waals surface area contributed by atoms with E-state index in [-0.39, 0.29) is 11.0 Å². The number of nitrogens with one attached hydrogen (secondary N) is 1. The van der Waals surface area contributed by atoms with E-state index < -0.39 is 9.84 Å². The Morgan fingerprint density at radius 3 is 2.06 bits per heavy atom. The third-order valence-electron chi connectivity index (χ3n) is 3.01. The fourth-order valence-corrected chi connectivity index (χ4v) is 2.42. The summed E-state index contributed by atoms with van der Waals surface area (Å²) in [6.07, 6.45) is 0. The molecule has 0 saturated heterocycles. The van der Waals surface area contributed by atoms with Gasteiger partial charge in [-0.2, -0.15) is 0 Å². The molecule has 18 heavy (non-hydrogen) atoms. The predicted molar refractivity (Wildman–Crippen MR) is 77.9 cm³/mol. The molecule has 0 unspecified atom stereocenters. The van der Waals surface area contributed by atoms with Crippen molar-refractivity contribution in [2.75, 3.05) is 17.6 Å². The quantitative estimate of drug-likeness (QED) is 0.863. The van der Waals surface area contributed by atoms with Gasteiger partial charge in [-0.05, 0) is 37.5 Å². The van der Waals surface area contributed by atoms with E-state index in [1.807, 2.05) is 12.1 Å². The van der Waals surface area contributed by atoms with Gasteiger partial charge in [0.25, 0.3) is 0 Å². The van der Waals surface area contributed by atoms with Crippen molar-refractivity contribution >= 4 is 15.5 Å². The third kappa shape index (κ3) is 4.33. The molecule has 0 saturated carbocycles. The molecule has 0 heterocycles. The molecule has 0 fully saturated rings. The molecular weight excluding hydrogens is 246 g/mol. The van der Waals surface area contributed by atoms with Gasteiger partial charge in [-0.3, -0.25) is 0 Å². The van der Waals surface area contributed by atoms with E-state index in [9.17, 15) is 8.42 Å². The van der Waals surface area contributed by atoms with Crippen LogP contribution in [0, 0.1) is 0 Å². The van der Waals surface area contributed by atoms with Crippen LogP contribution in [-0.4, -0.2) is 26.0 Å². The average Bonchev–Trinajstić information content (AvgIpc) is 2.29. The van der Waals surface area contributed by atoms with Gasteiger partial charge in [0.15, 0.2) is 9.84 Å². The highest BCUT2D eigenvalue weighted by atomic mass is 32.2. The Labute approximate surface area is 111 Å². The number of hydrogen-bond donors (Lipinski definition) is 1. The van der Waals surface area contributed by atoms with Gasteiger partial charge in [0.05, 0.1) is 11.0 Å². The zero-order chi connectivity index (χ0) is 13.8. The summed E-state index contributed by atoms with van der Waals surface area (Å²) in [5.74, 6) is 0.691. The van der Waals surface area contributed by atoms with E-state index in [1.54, 1.807) is 13.8 Å². The third-order valence-corrected chi connectivity index (χ3v) is 5.22. The summed E-state index contributed by atoms with van der Waals surface area (Å²) in [5, 5.41) is 2.84. The van der Waals surface area contributed by atoms with E-state index in [0.717, 1.165) is 5.69 Å². The predicted octanol–water partition coefficient (Wildman–Crippen LogP) is 3.05. The lowest BCUT2D eigenvalue weighted by Crippen LogP contribution is -2.22. The second kappa shape index (κ2) is 6.23. The average molecular weight is 269 g/mol. The lowest BCUT2D eigenvalue weighted by atomic mass is 10.0. The maximum absolute atomic E-state index is 11.6. The van der Waals surface area contributed by atoms with Crippen molar-refractivity contribution in [3.8, 4) is 0 Å². The van der Waals surface area contributed by atoms with Crippen molar-refractivity contribution in [2.45, 2.75) is 38.9 Å². The number of benzene rings is 1. The topological polar surface area (TPSA) is 46.2 Å². The molecule has 0 radical (unpaired) electrons. The summed E-state index contributed by atoms with van der Waals surface area (Å²) in [4.78, 5) is 0. The Morgan fingerprint density at radius 1 is 1.06 bits per heavy atom. The maximum Gasteiger partial charge on any atom is 0.154 e. The smallest absolute Gasteiger partial charge is 0.154 e. The van der Waals surface area contributed by atoms with Gasteiger partial charge in [-0.1, -0.05) is 26.0 Å². The van der Waals surface area contributed by atoms with E-state index in [0.29, 0.717) is 12.5 Å². The van der Waals surface area contributed by atoms with Crippen LogP contribution < -0.4 is 5.32 Å². The normalized spacial score (nSPS) is 12.1. The minimum Gasteiger partial charge on any atom is -0.384 e. The molecule has 1 N–H and O–H groups in total. The Balaban J connectivity index is 2.50. The number of sulfone groups is 1. The van der Waals surface area contributed by atoms with Crippen LogP contribution in [0.5, 0.6) is 0 Å². The fraction of sp³-hybridized carbons (Fsp3) is 0.571. The largest absolute Gasteiger partial charge is 0.384 e. The Kier molecular flexibility index (Phi) is 5.20. The van der Waals surface area contributed by atoms with Gasteiger partial charge >= 0.3 is 0 Å². The molecule has 0 aliphatic rings. The molecule has 102 valence electrons. The van der Waals surface area contributed by atoms with Crippen LogP contribution in [-0.2, 0) is 9.84 Å². The second-order valence-corrected chi connectivity index (χ2v) is 7.80. The first-order valence-electron chi connectivity index (χ1n) is 6.38. The zero-order valence-electron chi connectivity index (χ0n) is 11.6. The van der Waals surface area contributed by atoms with Crippen LogP contribution in [0.1, 0.15) is 39.2 Å². The van der Waals surface area contributed by atoms with E-state index in [4.69, 9.17) is 0 Å². The maximum atomic E-state index is 11.6. The summed E-state index contributed by atoms with van der Waals surface area (Å²) in [6, 6.07) is 8.14. The van der Waals surface area contributed by atoms with E-state index >= 15 is 0 Å². The summed E-state index contributed by atoms with van der Waals surface area (Å²) < 4.78 is 23.2. The first-order chi connectivity index (χ1) is 8.33. The highest BCUT2D eigenvalue weighted by Crippen LogP contribution is 2.17. The van der Waals surface area contributed by atoms with Crippen LogP contribution in [0.4, 0.5) is 5.69 Å². The first-order valence-corrected chi connectivity index (χ1v) is 8.10. The summed E-state index contributed by atoms with van der Waals surface area (Å²) in [6.45, 7) is 8.19. The minimum atomic E-state index is -2.95. The molecule has 1 aromatic rings. The Bertz CT molecular complexity index is 461.